The molecule has 3 heterocycles. The molecule has 0 atom stereocenters. The fourth-order valence-electron chi connectivity index (χ4n) is 4.20. The molecule has 0 saturated carbocycles. The molecular weight excluding hydrogens is 396 g/mol. The van der Waals surface area contributed by atoms with Crippen molar-refractivity contribution < 1.29 is 23.7 Å². The monoisotopic (exact) mass is 420 g/mol. The first-order chi connectivity index (χ1) is 15.0. The predicted octanol–water partition coefficient (Wildman–Crippen LogP) is 3.87. The van der Waals surface area contributed by atoms with E-state index in [1.54, 1.807) is 0 Å². The number of ether oxygens (including phenoxy) is 4. The highest BCUT2D eigenvalue weighted by Gasteiger charge is 2.21. The van der Waals surface area contributed by atoms with E-state index < -0.39 is 0 Å². The molecule has 2 aliphatic heterocycles. The van der Waals surface area contributed by atoms with Crippen LogP contribution in [-0.4, -0.2) is 42.4 Å². The van der Waals surface area contributed by atoms with Gasteiger partial charge in [-0.1, -0.05) is 6.07 Å². The number of carbonyl (C=O) groups excluding carboxylic acids is 1. The number of ketones is 1. The third-order valence-corrected chi connectivity index (χ3v) is 5.65. The second-order valence-electron chi connectivity index (χ2n) is 7.94. The standard InChI is InChI=1S/C24H24N2O5/c1-15-8-19(16(2)26(15)18-5-7-22-24(10-18)31-14-29-22)20(27)12-25(3)11-17-4-6-21-23(9-17)30-13-28-21/h4-10H,11-14H2,1-3H3. The Morgan fingerprint density at radius 1 is 0.903 bits per heavy atom. The third kappa shape index (κ3) is 3.61. The van der Waals surface area contributed by atoms with Crippen molar-refractivity contribution >= 4 is 5.78 Å². The second-order valence-corrected chi connectivity index (χ2v) is 7.94. The maximum Gasteiger partial charge on any atom is 0.231 e. The normalized spacial score (nSPS) is 13.8. The minimum atomic E-state index is 0.0864. The number of aromatic nitrogens is 1. The zero-order valence-electron chi connectivity index (χ0n) is 17.8. The fraction of sp³-hybridized carbons (Fsp3) is 0.292. The van der Waals surface area contributed by atoms with Crippen molar-refractivity contribution in [1.82, 2.24) is 9.47 Å². The Hall–Kier alpha value is -3.45. The van der Waals surface area contributed by atoms with Crippen LogP contribution in [0.25, 0.3) is 5.69 Å². The summed E-state index contributed by atoms with van der Waals surface area (Å²) in [5.74, 6) is 3.07. The van der Waals surface area contributed by atoms with Crippen molar-refractivity contribution in [3.8, 4) is 28.7 Å². The largest absolute Gasteiger partial charge is 0.454 e. The molecule has 0 spiro atoms. The summed E-state index contributed by atoms with van der Waals surface area (Å²) in [7, 11) is 1.94. The van der Waals surface area contributed by atoms with Gasteiger partial charge in [0.2, 0.25) is 13.6 Å². The van der Waals surface area contributed by atoms with E-state index in [-0.39, 0.29) is 19.4 Å². The lowest BCUT2D eigenvalue weighted by atomic mass is 10.1. The number of carbonyl (C=O) groups is 1. The van der Waals surface area contributed by atoms with Gasteiger partial charge in [-0.05, 0) is 56.8 Å². The first kappa shape index (κ1) is 19.5. The van der Waals surface area contributed by atoms with Crippen LogP contribution in [0.2, 0.25) is 0 Å². The van der Waals surface area contributed by atoms with E-state index in [9.17, 15) is 4.79 Å². The zero-order valence-corrected chi connectivity index (χ0v) is 17.8. The summed E-state index contributed by atoms with van der Waals surface area (Å²) < 4.78 is 23.8. The van der Waals surface area contributed by atoms with Crippen molar-refractivity contribution in [3.05, 3.63) is 65.0 Å². The Bertz CT molecular complexity index is 1170. The van der Waals surface area contributed by atoms with E-state index in [0.29, 0.717) is 13.1 Å². The summed E-state index contributed by atoms with van der Waals surface area (Å²) >= 11 is 0. The summed E-state index contributed by atoms with van der Waals surface area (Å²) in [6.45, 7) is 5.43. The molecule has 160 valence electrons. The van der Waals surface area contributed by atoms with Crippen LogP contribution in [0.15, 0.2) is 42.5 Å². The summed E-state index contributed by atoms with van der Waals surface area (Å²) in [6.07, 6.45) is 0. The number of rotatable bonds is 6. The maximum absolute atomic E-state index is 13.1. The number of likely N-dealkylation sites (N-methyl/N-ethyl adjacent to an activating group) is 1. The molecule has 7 nitrogen and oxygen atoms in total. The predicted molar refractivity (Wildman–Crippen MR) is 115 cm³/mol. The molecule has 0 fully saturated rings. The summed E-state index contributed by atoms with van der Waals surface area (Å²) in [6, 6.07) is 13.7. The SMILES string of the molecule is Cc1cc(C(=O)CN(C)Cc2ccc3c(c2)OCO3)c(C)n1-c1ccc2c(c1)OCO2. The molecule has 3 aromatic rings. The molecule has 2 aromatic carbocycles. The van der Waals surface area contributed by atoms with Crippen molar-refractivity contribution in [3.63, 3.8) is 0 Å². The molecule has 1 aromatic heterocycles. The molecular formula is C24H24N2O5. The summed E-state index contributed by atoms with van der Waals surface area (Å²) in [5, 5.41) is 0. The highest BCUT2D eigenvalue weighted by molar-refractivity contribution is 5.99. The number of hydrogen-bond donors (Lipinski definition) is 0. The lowest BCUT2D eigenvalue weighted by molar-refractivity contribution is 0.0942. The first-order valence-corrected chi connectivity index (χ1v) is 10.2. The first-order valence-electron chi connectivity index (χ1n) is 10.2. The Kier molecular flexibility index (Phi) is 4.82. The van der Waals surface area contributed by atoms with Gasteiger partial charge in [-0.15, -0.1) is 0 Å². The van der Waals surface area contributed by atoms with Gasteiger partial charge in [0, 0.05) is 35.2 Å². The van der Waals surface area contributed by atoms with E-state index in [4.69, 9.17) is 18.9 Å². The highest BCUT2D eigenvalue weighted by atomic mass is 16.7. The van der Waals surface area contributed by atoms with Crippen LogP contribution >= 0.6 is 0 Å². The van der Waals surface area contributed by atoms with Gasteiger partial charge >= 0.3 is 0 Å². The minimum absolute atomic E-state index is 0.0864. The van der Waals surface area contributed by atoms with E-state index in [2.05, 4.69) is 4.57 Å². The molecule has 0 unspecified atom stereocenters. The lowest BCUT2D eigenvalue weighted by Crippen LogP contribution is -2.25. The summed E-state index contributed by atoms with van der Waals surface area (Å²) in [5.41, 5.74) is 4.67. The molecule has 0 N–H and O–H groups in total. The molecule has 31 heavy (non-hydrogen) atoms. The Morgan fingerprint density at radius 3 is 2.29 bits per heavy atom. The van der Waals surface area contributed by atoms with E-state index in [0.717, 1.165) is 51.2 Å². The molecule has 0 amide bonds. The maximum atomic E-state index is 13.1. The van der Waals surface area contributed by atoms with Gasteiger partial charge in [0.1, 0.15) is 0 Å². The zero-order chi connectivity index (χ0) is 21.5. The Labute approximate surface area is 180 Å². The van der Waals surface area contributed by atoms with Crippen LogP contribution < -0.4 is 18.9 Å². The van der Waals surface area contributed by atoms with E-state index >= 15 is 0 Å². The Morgan fingerprint density at radius 2 is 1.55 bits per heavy atom. The van der Waals surface area contributed by atoms with Crippen LogP contribution in [0.3, 0.4) is 0 Å². The van der Waals surface area contributed by atoms with Crippen molar-refractivity contribution in [2.75, 3.05) is 27.2 Å². The van der Waals surface area contributed by atoms with Crippen LogP contribution in [0.4, 0.5) is 0 Å². The number of Topliss-reactive ketones (excluding diaryl/α,β-unsaturated/α-hetero) is 1. The molecule has 0 bridgehead atoms. The number of nitrogens with zero attached hydrogens (tertiary/aromatic N) is 2. The van der Waals surface area contributed by atoms with Crippen molar-refractivity contribution in [2.24, 2.45) is 0 Å². The minimum Gasteiger partial charge on any atom is -0.454 e. The van der Waals surface area contributed by atoms with Crippen molar-refractivity contribution in [2.45, 2.75) is 20.4 Å². The van der Waals surface area contributed by atoms with Crippen LogP contribution in [0, 0.1) is 13.8 Å². The molecule has 5 rings (SSSR count). The van der Waals surface area contributed by atoms with Crippen LogP contribution in [0.5, 0.6) is 23.0 Å². The van der Waals surface area contributed by atoms with E-state index in [1.807, 2.05) is 68.3 Å². The van der Waals surface area contributed by atoms with Crippen LogP contribution in [0.1, 0.15) is 27.3 Å². The number of aryl methyl sites for hydroxylation is 1. The van der Waals surface area contributed by atoms with Gasteiger partial charge in [0.05, 0.1) is 6.54 Å². The van der Waals surface area contributed by atoms with Gasteiger partial charge in [-0.25, -0.2) is 0 Å². The average Bonchev–Trinajstić information content (AvgIpc) is 3.45. The molecule has 0 saturated heterocycles. The molecule has 7 heteroatoms. The van der Waals surface area contributed by atoms with Gasteiger partial charge in [0.25, 0.3) is 0 Å². The summed E-state index contributed by atoms with van der Waals surface area (Å²) in [4.78, 5) is 15.1. The average molecular weight is 420 g/mol. The van der Waals surface area contributed by atoms with Gasteiger partial charge < -0.3 is 23.5 Å². The molecule has 0 aliphatic carbocycles. The number of hydrogen-bond acceptors (Lipinski definition) is 6. The Balaban J connectivity index is 1.32. The van der Waals surface area contributed by atoms with Gasteiger partial charge in [0.15, 0.2) is 28.8 Å². The molecule has 0 radical (unpaired) electrons. The highest BCUT2D eigenvalue weighted by Crippen LogP contribution is 2.35. The van der Waals surface area contributed by atoms with Gasteiger partial charge in [-0.3, -0.25) is 9.69 Å². The van der Waals surface area contributed by atoms with Crippen LogP contribution in [-0.2, 0) is 6.54 Å². The third-order valence-electron chi connectivity index (χ3n) is 5.65. The van der Waals surface area contributed by atoms with Gasteiger partial charge in [-0.2, -0.15) is 0 Å². The number of fused-ring (bicyclic) bond motifs is 2. The smallest absolute Gasteiger partial charge is 0.231 e. The topological polar surface area (TPSA) is 62.2 Å². The quantitative estimate of drug-likeness (QED) is 0.565. The lowest BCUT2D eigenvalue weighted by Gasteiger charge is -2.16. The van der Waals surface area contributed by atoms with Crippen molar-refractivity contribution in [1.29, 1.82) is 0 Å². The number of benzene rings is 2. The second kappa shape index (κ2) is 7.67. The molecule has 2 aliphatic rings. The fourth-order valence-corrected chi connectivity index (χ4v) is 4.20. The van der Waals surface area contributed by atoms with E-state index in [1.165, 1.54) is 0 Å².